The van der Waals surface area contributed by atoms with E-state index >= 15 is 0 Å². The fourth-order valence-corrected chi connectivity index (χ4v) is 3.01. The number of benzene rings is 1. The first kappa shape index (κ1) is 18.1. The van der Waals surface area contributed by atoms with Crippen molar-refractivity contribution in [2.75, 3.05) is 26.2 Å². The average molecular weight is 331 g/mol. The van der Waals surface area contributed by atoms with E-state index in [4.69, 9.17) is 5.73 Å². The van der Waals surface area contributed by atoms with Crippen LogP contribution < -0.4 is 5.73 Å². The minimum absolute atomic E-state index is 0.190. The number of rotatable bonds is 6. The maximum atomic E-state index is 12.3. The van der Waals surface area contributed by atoms with Crippen molar-refractivity contribution >= 4 is 18.2 Å². The second-order valence-electron chi connectivity index (χ2n) is 6.17. The molecule has 24 heavy (non-hydrogen) atoms. The Labute approximate surface area is 142 Å². The highest BCUT2D eigenvalue weighted by Gasteiger charge is 2.29. The van der Waals surface area contributed by atoms with Gasteiger partial charge in [-0.25, -0.2) is 0 Å². The predicted molar refractivity (Wildman–Crippen MR) is 90.9 cm³/mol. The van der Waals surface area contributed by atoms with Crippen molar-refractivity contribution < 1.29 is 14.4 Å². The number of hydrogen-bond acceptors (Lipinski definition) is 4. The van der Waals surface area contributed by atoms with Crippen LogP contribution in [0.5, 0.6) is 0 Å². The molecule has 2 rings (SSSR count). The molecule has 0 aliphatic carbocycles. The van der Waals surface area contributed by atoms with E-state index in [1.807, 2.05) is 18.2 Å². The van der Waals surface area contributed by atoms with Gasteiger partial charge in [-0.2, -0.15) is 0 Å². The minimum Gasteiger partial charge on any atom is -0.334 e. The molecular weight excluding hydrogens is 306 g/mol. The van der Waals surface area contributed by atoms with Gasteiger partial charge in [0.2, 0.25) is 6.41 Å². The molecule has 1 heterocycles. The molecule has 2 N–H and O–H groups in total. The van der Waals surface area contributed by atoms with Gasteiger partial charge in [0, 0.05) is 19.6 Å². The standard InChI is InChI=1S/C18H25N3O3/c19-9-4-10-21(14-22)18(24)17(23)20-11-7-16(8-12-20)13-15-5-2-1-3-6-15/h1-3,5-6,14,16H,4,7-13,19H2. The van der Waals surface area contributed by atoms with Gasteiger partial charge in [-0.15, -0.1) is 0 Å². The maximum absolute atomic E-state index is 12.3. The molecule has 0 atom stereocenters. The Morgan fingerprint density at radius 2 is 1.88 bits per heavy atom. The largest absolute Gasteiger partial charge is 0.334 e. The van der Waals surface area contributed by atoms with Crippen LogP contribution in [-0.4, -0.2) is 54.2 Å². The molecular formula is C18H25N3O3. The molecule has 0 bridgehead atoms. The lowest BCUT2D eigenvalue weighted by Gasteiger charge is -2.32. The van der Waals surface area contributed by atoms with Crippen LogP contribution in [0.4, 0.5) is 0 Å². The summed E-state index contributed by atoms with van der Waals surface area (Å²) < 4.78 is 0. The Bertz CT molecular complexity index is 554. The average Bonchev–Trinajstić information content (AvgIpc) is 2.63. The van der Waals surface area contributed by atoms with Gasteiger partial charge in [0.25, 0.3) is 0 Å². The smallest absolute Gasteiger partial charge is 0.318 e. The number of nitrogens with two attached hydrogens (primary N) is 1. The first-order valence-electron chi connectivity index (χ1n) is 8.45. The summed E-state index contributed by atoms with van der Waals surface area (Å²) in [5.74, 6) is -0.816. The molecule has 1 saturated heterocycles. The molecule has 0 aromatic heterocycles. The van der Waals surface area contributed by atoms with E-state index in [0.717, 1.165) is 24.2 Å². The lowest BCUT2D eigenvalue weighted by molar-refractivity contribution is -0.154. The van der Waals surface area contributed by atoms with E-state index in [-0.39, 0.29) is 6.54 Å². The van der Waals surface area contributed by atoms with Crippen LogP contribution in [0.1, 0.15) is 24.8 Å². The number of hydrogen-bond donors (Lipinski definition) is 1. The van der Waals surface area contributed by atoms with Crippen LogP contribution in [0.25, 0.3) is 0 Å². The second kappa shape index (κ2) is 9.17. The van der Waals surface area contributed by atoms with Gasteiger partial charge < -0.3 is 10.6 Å². The van der Waals surface area contributed by atoms with E-state index in [2.05, 4.69) is 12.1 Å². The number of imide groups is 1. The predicted octanol–water partition coefficient (Wildman–Crippen LogP) is 0.801. The number of amides is 3. The lowest BCUT2D eigenvalue weighted by Crippen LogP contribution is -2.48. The van der Waals surface area contributed by atoms with Crippen LogP contribution in [0.2, 0.25) is 0 Å². The van der Waals surface area contributed by atoms with Gasteiger partial charge >= 0.3 is 11.8 Å². The summed E-state index contributed by atoms with van der Waals surface area (Å²) in [7, 11) is 0. The molecule has 3 amide bonds. The molecule has 1 aromatic carbocycles. The van der Waals surface area contributed by atoms with Crippen molar-refractivity contribution in [2.45, 2.75) is 25.7 Å². The van der Waals surface area contributed by atoms with Gasteiger partial charge in [-0.3, -0.25) is 19.3 Å². The quantitative estimate of drug-likeness (QED) is 0.617. The summed E-state index contributed by atoms with van der Waals surface area (Å²) in [6.07, 6.45) is 3.65. The van der Waals surface area contributed by atoms with E-state index in [0.29, 0.717) is 38.4 Å². The van der Waals surface area contributed by atoms with E-state index in [9.17, 15) is 14.4 Å². The van der Waals surface area contributed by atoms with Crippen molar-refractivity contribution in [3.8, 4) is 0 Å². The topological polar surface area (TPSA) is 83.7 Å². The zero-order valence-corrected chi connectivity index (χ0v) is 13.9. The molecule has 6 nitrogen and oxygen atoms in total. The van der Waals surface area contributed by atoms with Crippen LogP contribution >= 0.6 is 0 Å². The summed E-state index contributed by atoms with van der Waals surface area (Å²) in [5, 5.41) is 0. The van der Waals surface area contributed by atoms with Crippen molar-refractivity contribution in [2.24, 2.45) is 11.7 Å². The molecule has 1 fully saturated rings. The molecule has 6 heteroatoms. The van der Waals surface area contributed by atoms with Crippen LogP contribution in [0, 0.1) is 5.92 Å². The Kier molecular flexibility index (Phi) is 6.93. The normalized spacial score (nSPS) is 15.1. The zero-order chi connectivity index (χ0) is 17.4. The SMILES string of the molecule is NCCCN(C=O)C(=O)C(=O)N1CCC(Cc2ccccc2)CC1. The Morgan fingerprint density at radius 1 is 1.21 bits per heavy atom. The zero-order valence-electron chi connectivity index (χ0n) is 13.9. The summed E-state index contributed by atoms with van der Waals surface area (Å²) in [6.45, 7) is 1.68. The molecule has 1 aromatic rings. The Morgan fingerprint density at radius 3 is 2.46 bits per heavy atom. The molecule has 130 valence electrons. The Balaban J connectivity index is 1.83. The highest BCUT2D eigenvalue weighted by Crippen LogP contribution is 2.21. The summed E-state index contributed by atoms with van der Waals surface area (Å²) >= 11 is 0. The number of nitrogens with zero attached hydrogens (tertiary/aromatic N) is 2. The number of carbonyl (C=O) groups excluding carboxylic acids is 3. The van der Waals surface area contributed by atoms with Crippen molar-refractivity contribution in [3.05, 3.63) is 35.9 Å². The monoisotopic (exact) mass is 331 g/mol. The van der Waals surface area contributed by atoms with Gasteiger partial charge in [0.15, 0.2) is 0 Å². The Hall–Kier alpha value is -2.21. The highest BCUT2D eigenvalue weighted by atomic mass is 16.2. The van der Waals surface area contributed by atoms with Crippen molar-refractivity contribution in [3.63, 3.8) is 0 Å². The van der Waals surface area contributed by atoms with Crippen LogP contribution in [0.3, 0.4) is 0 Å². The van der Waals surface area contributed by atoms with E-state index in [1.54, 1.807) is 4.90 Å². The second-order valence-corrected chi connectivity index (χ2v) is 6.17. The van der Waals surface area contributed by atoms with Crippen LogP contribution in [-0.2, 0) is 20.8 Å². The van der Waals surface area contributed by atoms with E-state index in [1.165, 1.54) is 5.56 Å². The minimum atomic E-state index is -0.750. The molecule has 0 radical (unpaired) electrons. The first-order valence-corrected chi connectivity index (χ1v) is 8.45. The molecule has 0 saturated carbocycles. The van der Waals surface area contributed by atoms with Gasteiger partial charge in [-0.1, -0.05) is 30.3 Å². The summed E-state index contributed by atoms with van der Waals surface area (Å²) in [4.78, 5) is 37.9. The number of likely N-dealkylation sites (tertiary alicyclic amines) is 1. The third kappa shape index (κ3) is 4.89. The summed E-state index contributed by atoms with van der Waals surface area (Å²) in [6, 6.07) is 10.3. The van der Waals surface area contributed by atoms with Gasteiger partial charge in [-0.05, 0) is 43.7 Å². The van der Waals surface area contributed by atoms with Gasteiger partial charge in [0.05, 0.1) is 0 Å². The summed E-state index contributed by atoms with van der Waals surface area (Å²) in [5.41, 5.74) is 6.68. The maximum Gasteiger partial charge on any atom is 0.318 e. The third-order valence-corrected chi connectivity index (χ3v) is 4.44. The molecule has 0 spiro atoms. The van der Waals surface area contributed by atoms with Gasteiger partial charge in [0.1, 0.15) is 0 Å². The molecule has 0 unspecified atom stereocenters. The number of carbonyl (C=O) groups is 3. The molecule has 1 aliphatic rings. The highest BCUT2D eigenvalue weighted by molar-refractivity contribution is 6.36. The first-order chi connectivity index (χ1) is 11.7. The fraction of sp³-hybridized carbons (Fsp3) is 0.500. The van der Waals surface area contributed by atoms with Crippen molar-refractivity contribution in [1.29, 1.82) is 0 Å². The number of piperidine rings is 1. The lowest BCUT2D eigenvalue weighted by atomic mass is 9.90. The van der Waals surface area contributed by atoms with Crippen LogP contribution in [0.15, 0.2) is 30.3 Å². The third-order valence-electron chi connectivity index (χ3n) is 4.44. The fourth-order valence-electron chi connectivity index (χ4n) is 3.01. The van der Waals surface area contributed by atoms with Crippen molar-refractivity contribution in [1.82, 2.24) is 9.80 Å². The van der Waals surface area contributed by atoms with E-state index < -0.39 is 11.8 Å². The molecule has 1 aliphatic heterocycles.